The standard InChI is InChI=1S/C8H13N3.2ClH/c1-11-5-10-7-4-6(9)2-3-8(7)11;;/h5-6H,2-4,9H2,1H3;2*1H. The summed E-state index contributed by atoms with van der Waals surface area (Å²) in [6, 6.07) is 0.331. The summed E-state index contributed by atoms with van der Waals surface area (Å²) in [4.78, 5) is 4.29. The lowest BCUT2D eigenvalue weighted by Gasteiger charge is -2.17. The van der Waals surface area contributed by atoms with Crippen molar-refractivity contribution in [3.8, 4) is 0 Å². The van der Waals surface area contributed by atoms with E-state index >= 15 is 0 Å². The van der Waals surface area contributed by atoms with Crippen molar-refractivity contribution in [1.29, 1.82) is 0 Å². The maximum Gasteiger partial charge on any atom is 0.0949 e. The molecule has 1 atom stereocenters. The molecule has 0 saturated carbocycles. The Morgan fingerprint density at radius 3 is 2.92 bits per heavy atom. The molecule has 1 aliphatic carbocycles. The van der Waals surface area contributed by atoms with E-state index in [0.717, 1.165) is 19.3 Å². The van der Waals surface area contributed by atoms with Crippen LogP contribution in [0.2, 0.25) is 0 Å². The highest BCUT2D eigenvalue weighted by molar-refractivity contribution is 5.85. The molecule has 0 aliphatic heterocycles. The van der Waals surface area contributed by atoms with Gasteiger partial charge in [-0.1, -0.05) is 0 Å². The number of rotatable bonds is 0. The molecule has 0 spiro atoms. The largest absolute Gasteiger partial charge is 0.337 e. The van der Waals surface area contributed by atoms with E-state index in [1.165, 1.54) is 11.4 Å². The maximum absolute atomic E-state index is 5.81. The number of nitrogens with zero attached hydrogens (tertiary/aromatic N) is 2. The Hall–Kier alpha value is -0.250. The van der Waals surface area contributed by atoms with Crippen LogP contribution in [0.3, 0.4) is 0 Å². The number of hydrogen-bond donors (Lipinski definition) is 1. The number of nitrogens with two attached hydrogens (primary N) is 1. The van der Waals surface area contributed by atoms with Gasteiger partial charge in [0.1, 0.15) is 0 Å². The molecule has 0 radical (unpaired) electrons. The predicted octanol–water partition coefficient (Wildman–Crippen LogP) is 1.08. The minimum Gasteiger partial charge on any atom is -0.337 e. The van der Waals surface area contributed by atoms with Crippen molar-refractivity contribution in [2.45, 2.75) is 25.3 Å². The monoisotopic (exact) mass is 223 g/mol. The lowest BCUT2D eigenvalue weighted by molar-refractivity contribution is 0.554. The van der Waals surface area contributed by atoms with Crippen molar-refractivity contribution in [2.75, 3.05) is 0 Å². The fourth-order valence-corrected chi connectivity index (χ4v) is 1.67. The highest BCUT2D eigenvalue weighted by atomic mass is 35.5. The number of imidazole rings is 1. The third kappa shape index (κ3) is 2.36. The molecule has 1 aliphatic rings. The van der Waals surface area contributed by atoms with E-state index in [-0.39, 0.29) is 24.8 Å². The van der Waals surface area contributed by atoms with Crippen LogP contribution in [-0.4, -0.2) is 15.6 Å². The Morgan fingerprint density at radius 2 is 2.23 bits per heavy atom. The summed E-state index contributed by atoms with van der Waals surface area (Å²) < 4.78 is 2.10. The summed E-state index contributed by atoms with van der Waals surface area (Å²) in [6.07, 6.45) is 5.03. The fourth-order valence-electron chi connectivity index (χ4n) is 1.67. The summed E-state index contributed by atoms with van der Waals surface area (Å²) in [5.41, 5.74) is 8.38. The highest BCUT2D eigenvalue weighted by Crippen LogP contribution is 2.17. The van der Waals surface area contributed by atoms with Gasteiger partial charge in [-0.2, -0.15) is 0 Å². The Balaban J connectivity index is 0.000000720. The topological polar surface area (TPSA) is 43.8 Å². The van der Waals surface area contributed by atoms with Crippen LogP contribution >= 0.6 is 24.8 Å². The predicted molar refractivity (Wildman–Crippen MR) is 57.7 cm³/mol. The van der Waals surface area contributed by atoms with Gasteiger partial charge < -0.3 is 10.3 Å². The second-order valence-electron chi connectivity index (χ2n) is 3.25. The number of fused-ring (bicyclic) bond motifs is 1. The normalized spacial score (nSPS) is 19.7. The molecular weight excluding hydrogens is 209 g/mol. The van der Waals surface area contributed by atoms with Gasteiger partial charge in [0.2, 0.25) is 0 Å². The van der Waals surface area contributed by atoms with Crippen LogP contribution in [0.1, 0.15) is 17.8 Å². The first-order valence-electron chi connectivity index (χ1n) is 4.02. The third-order valence-electron chi connectivity index (χ3n) is 2.35. The lowest BCUT2D eigenvalue weighted by atomic mass is 9.97. The van der Waals surface area contributed by atoms with Gasteiger partial charge in [0.25, 0.3) is 0 Å². The van der Waals surface area contributed by atoms with Crippen molar-refractivity contribution in [2.24, 2.45) is 12.8 Å². The SMILES string of the molecule is Cl.Cl.Cn1cnc2c1CCC(N)C2. The molecule has 2 N–H and O–H groups in total. The van der Waals surface area contributed by atoms with Gasteiger partial charge in [-0.25, -0.2) is 4.98 Å². The zero-order valence-corrected chi connectivity index (χ0v) is 9.20. The van der Waals surface area contributed by atoms with E-state index in [1.54, 1.807) is 0 Å². The Bertz CT molecular complexity index is 272. The van der Waals surface area contributed by atoms with Crippen LogP contribution < -0.4 is 5.73 Å². The molecule has 0 aromatic carbocycles. The molecule has 76 valence electrons. The third-order valence-corrected chi connectivity index (χ3v) is 2.35. The molecule has 13 heavy (non-hydrogen) atoms. The van der Waals surface area contributed by atoms with Crippen LogP contribution in [0.4, 0.5) is 0 Å². The second kappa shape index (κ2) is 4.84. The van der Waals surface area contributed by atoms with Gasteiger partial charge >= 0.3 is 0 Å². The van der Waals surface area contributed by atoms with Crippen LogP contribution in [0.15, 0.2) is 6.33 Å². The van der Waals surface area contributed by atoms with Crippen LogP contribution in [0.5, 0.6) is 0 Å². The first-order valence-corrected chi connectivity index (χ1v) is 4.02. The van der Waals surface area contributed by atoms with E-state index in [1.807, 2.05) is 13.4 Å². The molecule has 1 aromatic heterocycles. The van der Waals surface area contributed by atoms with Crippen molar-refractivity contribution in [3.63, 3.8) is 0 Å². The first kappa shape index (κ1) is 12.8. The molecule has 3 nitrogen and oxygen atoms in total. The number of aromatic nitrogens is 2. The molecule has 1 unspecified atom stereocenters. The fraction of sp³-hybridized carbons (Fsp3) is 0.625. The summed E-state index contributed by atoms with van der Waals surface area (Å²) in [5.74, 6) is 0. The molecule has 0 saturated heterocycles. The average molecular weight is 224 g/mol. The number of hydrogen-bond acceptors (Lipinski definition) is 2. The van der Waals surface area contributed by atoms with Gasteiger partial charge in [-0.15, -0.1) is 24.8 Å². The molecule has 5 heteroatoms. The summed E-state index contributed by atoms with van der Waals surface area (Å²) in [5, 5.41) is 0. The van der Waals surface area contributed by atoms with Crippen molar-refractivity contribution >= 4 is 24.8 Å². The zero-order chi connectivity index (χ0) is 7.84. The summed E-state index contributed by atoms with van der Waals surface area (Å²) in [6.45, 7) is 0. The lowest BCUT2D eigenvalue weighted by Crippen LogP contribution is -2.28. The van der Waals surface area contributed by atoms with Crippen LogP contribution in [0, 0.1) is 0 Å². The molecular formula is C8H15Cl2N3. The Morgan fingerprint density at radius 1 is 1.54 bits per heavy atom. The van der Waals surface area contributed by atoms with E-state index in [2.05, 4.69) is 9.55 Å². The number of halogens is 2. The van der Waals surface area contributed by atoms with Crippen molar-refractivity contribution < 1.29 is 0 Å². The van der Waals surface area contributed by atoms with Gasteiger partial charge in [0, 0.05) is 25.2 Å². The Kier molecular flexibility index (Phi) is 4.75. The molecule has 0 amide bonds. The average Bonchev–Trinajstić information content (AvgIpc) is 2.32. The van der Waals surface area contributed by atoms with Gasteiger partial charge in [-0.3, -0.25) is 0 Å². The molecule has 1 aromatic rings. The minimum atomic E-state index is 0. The van der Waals surface area contributed by atoms with Crippen molar-refractivity contribution in [1.82, 2.24) is 9.55 Å². The van der Waals surface area contributed by atoms with Crippen LogP contribution in [-0.2, 0) is 19.9 Å². The van der Waals surface area contributed by atoms with Crippen molar-refractivity contribution in [3.05, 3.63) is 17.7 Å². The number of aryl methyl sites for hydroxylation is 1. The molecule has 2 rings (SSSR count). The molecule has 0 bridgehead atoms. The van der Waals surface area contributed by atoms with Gasteiger partial charge in [0.05, 0.1) is 12.0 Å². The zero-order valence-electron chi connectivity index (χ0n) is 7.56. The molecule has 1 heterocycles. The van der Waals surface area contributed by atoms with E-state index in [0.29, 0.717) is 6.04 Å². The summed E-state index contributed by atoms with van der Waals surface area (Å²) >= 11 is 0. The van der Waals surface area contributed by atoms with E-state index < -0.39 is 0 Å². The van der Waals surface area contributed by atoms with Crippen LogP contribution in [0.25, 0.3) is 0 Å². The van der Waals surface area contributed by atoms with E-state index in [4.69, 9.17) is 5.73 Å². The summed E-state index contributed by atoms with van der Waals surface area (Å²) in [7, 11) is 2.04. The maximum atomic E-state index is 5.81. The highest BCUT2D eigenvalue weighted by Gasteiger charge is 2.18. The van der Waals surface area contributed by atoms with Gasteiger partial charge in [-0.05, 0) is 12.8 Å². The Labute approximate surface area is 90.5 Å². The van der Waals surface area contributed by atoms with Gasteiger partial charge in [0.15, 0.2) is 0 Å². The smallest absolute Gasteiger partial charge is 0.0949 e. The second-order valence-corrected chi connectivity index (χ2v) is 3.25. The molecule has 0 fully saturated rings. The first-order chi connectivity index (χ1) is 5.27. The minimum absolute atomic E-state index is 0. The van der Waals surface area contributed by atoms with E-state index in [9.17, 15) is 0 Å². The quantitative estimate of drug-likeness (QED) is 0.716.